The molecule has 0 saturated carbocycles. The first-order valence-electron chi connectivity index (χ1n) is 11.9. The Kier molecular flexibility index (Phi) is 6.05. The molecule has 0 aliphatic carbocycles. The maximum Gasteiger partial charge on any atom is 4.00 e. The van der Waals surface area contributed by atoms with Crippen LogP contribution in [0.4, 0.5) is 0 Å². The molecule has 0 aliphatic rings. The fourth-order valence-electron chi connectivity index (χ4n) is 4.61. The molecule has 8 aromatic rings. The van der Waals surface area contributed by atoms with Gasteiger partial charge >= 0.3 is 21.7 Å². The van der Waals surface area contributed by atoms with Gasteiger partial charge in [-0.15, -0.1) is 22.1 Å². The second-order valence-electron chi connectivity index (χ2n) is 8.80. The molecule has 0 saturated heterocycles. The van der Waals surface area contributed by atoms with Crippen LogP contribution >= 0.6 is 0 Å². The van der Waals surface area contributed by atoms with E-state index in [2.05, 4.69) is 68.5 Å². The van der Waals surface area contributed by atoms with Gasteiger partial charge in [0.25, 0.3) is 0 Å². The monoisotopic (exact) mass is 508 g/mol. The Bertz CT molecular complexity index is 1550. The molecule has 0 unspecified atom stereocenters. The van der Waals surface area contributed by atoms with Crippen molar-refractivity contribution in [2.24, 2.45) is 0 Å². The van der Waals surface area contributed by atoms with E-state index in [1.807, 2.05) is 72.8 Å². The summed E-state index contributed by atoms with van der Waals surface area (Å²) in [5.74, 6) is 0. The maximum absolute atomic E-state index is 4.62. The second-order valence-corrected chi connectivity index (χ2v) is 8.80. The first-order valence-corrected chi connectivity index (χ1v) is 11.9. The number of benzene rings is 4. The molecule has 8 rings (SSSR count). The van der Waals surface area contributed by atoms with E-state index >= 15 is 0 Å². The zero-order valence-electron chi connectivity index (χ0n) is 19.8. The molecule has 5 heteroatoms. The van der Waals surface area contributed by atoms with Crippen LogP contribution in [0.15, 0.2) is 121 Å². The van der Waals surface area contributed by atoms with Crippen molar-refractivity contribution in [2.45, 2.75) is 0 Å². The summed E-state index contributed by atoms with van der Waals surface area (Å²) in [4.78, 5) is 18.5. The molecule has 172 valence electrons. The molecule has 0 radical (unpaired) electrons. The predicted octanol–water partition coefficient (Wildman–Crippen LogP) is 7.15. The summed E-state index contributed by atoms with van der Waals surface area (Å²) in [5, 5.41) is 4.67. The van der Waals surface area contributed by atoms with E-state index < -0.39 is 0 Å². The zero-order valence-corrected chi connectivity index (χ0v) is 21.4. The van der Waals surface area contributed by atoms with Crippen LogP contribution in [0.5, 0.6) is 0 Å². The quantitative estimate of drug-likeness (QED) is 0.233. The summed E-state index contributed by atoms with van der Waals surface area (Å²) < 4.78 is 0. The van der Waals surface area contributed by atoms with Crippen LogP contribution in [-0.2, 0) is 21.7 Å². The zero-order chi connectivity index (χ0) is 23.9. The Labute approximate surface area is 228 Å². The van der Waals surface area contributed by atoms with Gasteiger partial charge in [0.05, 0.1) is 0 Å². The van der Waals surface area contributed by atoms with Crippen molar-refractivity contribution in [1.82, 2.24) is 19.9 Å². The SMILES string of the molecule is [Ti+4].c1ccc2[n-]c(-c3cc4ccccc4[n-]3)cc2c1.c1ccc2[n-]c(-c3cc4ccccc4[n-]3)cc2c1. The molecular formula is C32H20N4Ti. The first-order chi connectivity index (χ1) is 17.8. The summed E-state index contributed by atoms with van der Waals surface area (Å²) in [6.07, 6.45) is 0. The average Bonchev–Trinajstić information content (AvgIpc) is 3.70. The minimum atomic E-state index is 0. The summed E-state index contributed by atoms with van der Waals surface area (Å²) in [7, 11) is 0. The van der Waals surface area contributed by atoms with Crippen LogP contribution in [0, 0.1) is 0 Å². The minimum absolute atomic E-state index is 0. The Morgan fingerprint density at radius 3 is 0.730 bits per heavy atom. The molecule has 0 bridgehead atoms. The fraction of sp³-hybridized carbons (Fsp3) is 0. The molecule has 0 amide bonds. The van der Waals surface area contributed by atoms with Crippen LogP contribution in [0.1, 0.15) is 0 Å². The van der Waals surface area contributed by atoms with E-state index in [0.29, 0.717) is 0 Å². The summed E-state index contributed by atoms with van der Waals surface area (Å²) in [6, 6.07) is 41.0. The number of fused-ring (bicyclic) bond motifs is 4. The van der Waals surface area contributed by atoms with Crippen molar-refractivity contribution in [3.8, 4) is 22.8 Å². The van der Waals surface area contributed by atoms with Crippen molar-refractivity contribution in [3.63, 3.8) is 0 Å². The molecule has 0 spiro atoms. The maximum atomic E-state index is 4.62. The normalized spacial score (nSPS) is 11.0. The van der Waals surface area contributed by atoms with E-state index in [1.165, 1.54) is 21.5 Å². The van der Waals surface area contributed by atoms with Crippen molar-refractivity contribution in [1.29, 1.82) is 0 Å². The summed E-state index contributed by atoms with van der Waals surface area (Å²) >= 11 is 0. The molecular weight excluding hydrogens is 488 g/mol. The van der Waals surface area contributed by atoms with Crippen LogP contribution in [0.2, 0.25) is 0 Å². The van der Waals surface area contributed by atoms with Gasteiger partial charge in [-0.25, -0.2) is 0 Å². The van der Waals surface area contributed by atoms with Crippen LogP contribution in [-0.4, -0.2) is 0 Å². The Hall–Kier alpha value is -4.25. The molecule has 4 nitrogen and oxygen atoms in total. The molecule has 4 aromatic carbocycles. The van der Waals surface area contributed by atoms with Crippen LogP contribution in [0.3, 0.4) is 0 Å². The Morgan fingerprint density at radius 1 is 0.297 bits per heavy atom. The van der Waals surface area contributed by atoms with E-state index in [-0.39, 0.29) is 21.7 Å². The van der Waals surface area contributed by atoms with E-state index in [4.69, 9.17) is 0 Å². The van der Waals surface area contributed by atoms with Gasteiger partial charge in [-0.1, -0.05) is 121 Å². The van der Waals surface area contributed by atoms with Gasteiger partial charge < -0.3 is 19.9 Å². The predicted molar refractivity (Wildman–Crippen MR) is 147 cm³/mol. The van der Waals surface area contributed by atoms with Gasteiger partial charge in [0.2, 0.25) is 0 Å². The standard InChI is InChI=1S/2C16H10N2.Ti/c2*1-3-7-13-11(5-1)9-15(17-13)16-10-12-6-2-4-8-14(12)18-16;/h2*1-10H;/q2*-2;+4. The molecule has 4 aromatic heterocycles. The number of rotatable bonds is 2. The third-order valence-electron chi connectivity index (χ3n) is 6.40. The smallest absolute Gasteiger partial charge is 0.658 e. The van der Waals surface area contributed by atoms with Crippen molar-refractivity contribution >= 4 is 43.6 Å². The minimum Gasteiger partial charge on any atom is -0.658 e. The van der Waals surface area contributed by atoms with Gasteiger partial charge in [-0.05, 0) is 21.5 Å². The van der Waals surface area contributed by atoms with Gasteiger partial charge in [-0.3, -0.25) is 0 Å². The van der Waals surface area contributed by atoms with E-state index in [9.17, 15) is 0 Å². The van der Waals surface area contributed by atoms with Crippen molar-refractivity contribution < 1.29 is 21.7 Å². The van der Waals surface area contributed by atoms with E-state index in [1.54, 1.807) is 0 Å². The van der Waals surface area contributed by atoms with Gasteiger partial charge in [0, 0.05) is 0 Å². The van der Waals surface area contributed by atoms with Crippen LogP contribution in [0.25, 0.3) is 66.4 Å². The number of hydrogen-bond donors (Lipinski definition) is 0. The molecule has 0 aliphatic heterocycles. The summed E-state index contributed by atoms with van der Waals surface area (Å²) in [5.41, 5.74) is 7.91. The van der Waals surface area contributed by atoms with Gasteiger partial charge in [0.15, 0.2) is 0 Å². The Balaban J connectivity index is 0.000000133. The average molecular weight is 508 g/mol. The number of para-hydroxylation sites is 4. The van der Waals surface area contributed by atoms with E-state index in [0.717, 1.165) is 44.8 Å². The number of nitrogens with zero attached hydrogens (tertiary/aromatic N) is 4. The molecule has 4 heterocycles. The molecule has 0 atom stereocenters. The third kappa shape index (κ3) is 4.42. The largest absolute Gasteiger partial charge is 4.00 e. The molecule has 37 heavy (non-hydrogen) atoms. The van der Waals surface area contributed by atoms with Crippen LogP contribution < -0.4 is 19.9 Å². The molecule has 0 N–H and O–H groups in total. The van der Waals surface area contributed by atoms with Gasteiger partial charge in [-0.2, -0.15) is 22.8 Å². The fourth-order valence-corrected chi connectivity index (χ4v) is 4.61. The summed E-state index contributed by atoms with van der Waals surface area (Å²) in [6.45, 7) is 0. The third-order valence-corrected chi connectivity index (χ3v) is 6.40. The van der Waals surface area contributed by atoms with Gasteiger partial charge in [0.1, 0.15) is 0 Å². The van der Waals surface area contributed by atoms with Crippen molar-refractivity contribution in [3.05, 3.63) is 121 Å². The number of aromatic nitrogens is 4. The Morgan fingerprint density at radius 2 is 0.514 bits per heavy atom. The van der Waals surface area contributed by atoms with Crippen molar-refractivity contribution in [2.75, 3.05) is 0 Å². The number of hydrogen-bond acceptors (Lipinski definition) is 0. The second kappa shape index (κ2) is 9.66. The first kappa shape index (κ1) is 23.2. The topological polar surface area (TPSA) is 56.4 Å². The molecule has 0 fully saturated rings.